The Hall–Kier alpha value is -0.780. The summed E-state index contributed by atoms with van der Waals surface area (Å²) in [6, 6.07) is 12.0. The van der Waals surface area contributed by atoms with Crippen molar-refractivity contribution in [2.75, 3.05) is 0 Å². The molecule has 0 N–H and O–H groups in total. The SMILES string of the molecule is C1C2CC3CC1CC(C2)C3.CC.CC.CC.c1ccccc1. The van der Waals surface area contributed by atoms with Gasteiger partial charge in [0.25, 0.3) is 0 Å². The predicted molar refractivity (Wildman–Crippen MR) is 102 cm³/mol. The van der Waals surface area contributed by atoms with E-state index in [2.05, 4.69) is 0 Å². The molecule has 0 amide bonds. The van der Waals surface area contributed by atoms with E-state index in [4.69, 9.17) is 0 Å². The minimum atomic E-state index is 1.18. The van der Waals surface area contributed by atoms with Crippen LogP contribution in [0.2, 0.25) is 0 Å². The van der Waals surface area contributed by atoms with Crippen molar-refractivity contribution < 1.29 is 0 Å². The first-order chi connectivity index (χ1) is 10.9. The molecule has 0 heteroatoms. The third-order valence-corrected chi connectivity index (χ3v) is 4.67. The summed E-state index contributed by atoms with van der Waals surface area (Å²) in [7, 11) is 0. The standard InChI is InChI=1S/C10H16.C6H6.3C2H6/c1-7-2-9-4-8(1)5-10(3-7)6-9;1-2-4-6-5-3-1;3*1-2/h7-10H,1-6H2;1-6H;3*1-2H3. The molecule has 1 aromatic carbocycles. The second-order valence-electron chi connectivity index (χ2n) is 6.03. The van der Waals surface area contributed by atoms with Crippen molar-refractivity contribution in [3.8, 4) is 0 Å². The third kappa shape index (κ3) is 7.47. The monoisotopic (exact) mass is 304 g/mol. The van der Waals surface area contributed by atoms with E-state index in [9.17, 15) is 0 Å². The van der Waals surface area contributed by atoms with Crippen LogP contribution >= 0.6 is 0 Å². The molecule has 0 heterocycles. The quantitative estimate of drug-likeness (QED) is 0.463. The molecule has 4 aliphatic rings. The van der Waals surface area contributed by atoms with Gasteiger partial charge in [-0.2, -0.15) is 0 Å². The van der Waals surface area contributed by atoms with Crippen molar-refractivity contribution in [3.05, 3.63) is 36.4 Å². The lowest BCUT2D eigenvalue weighted by Gasteiger charge is -2.49. The molecule has 4 fully saturated rings. The van der Waals surface area contributed by atoms with Gasteiger partial charge in [0.1, 0.15) is 0 Å². The molecule has 4 saturated carbocycles. The minimum Gasteiger partial charge on any atom is -0.0683 e. The molecule has 4 bridgehead atoms. The molecule has 0 saturated heterocycles. The second kappa shape index (κ2) is 13.9. The number of hydrogen-bond acceptors (Lipinski definition) is 0. The molecule has 4 aliphatic carbocycles. The highest BCUT2D eigenvalue weighted by atomic mass is 14.5. The fourth-order valence-electron chi connectivity index (χ4n) is 4.37. The van der Waals surface area contributed by atoms with Crippen LogP contribution in [0, 0.1) is 23.7 Å². The van der Waals surface area contributed by atoms with E-state index in [-0.39, 0.29) is 0 Å². The summed E-state index contributed by atoms with van der Waals surface area (Å²) in [5.74, 6) is 4.71. The molecule has 0 aliphatic heterocycles. The minimum absolute atomic E-state index is 1.18. The largest absolute Gasteiger partial charge is 0.0683 e. The molecule has 0 spiro atoms. The van der Waals surface area contributed by atoms with E-state index < -0.39 is 0 Å². The van der Waals surface area contributed by atoms with Crippen molar-refractivity contribution in [2.24, 2.45) is 23.7 Å². The fraction of sp³-hybridized carbons (Fsp3) is 0.727. The maximum Gasteiger partial charge on any atom is -0.0406 e. The van der Waals surface area contributed by atoms with Gasteiger partial charge >= 0.3 is 0 Å². The molecule has 5 rings (SSSR count). The molecule has 0 unspecified atom stereocenters. The van der Waals surface area contributed by atoms with Crippen LogP contribution in [-0.4, -0.2) is 0 Å². The number of rotatable bonds is 0. The van der Waals surface area contributed by atoms with E-state index >= 15 is 0 Å². The Morgan fingerprint density at radius 3 is 0.636 bits per heavy atom. The molecule has 0 atom stereocenters. The van der Waals surface area contributed by atoms with Gasteiger partial charge in [-0.1, -0.05) is 77.9 Å². The average molecular weight is 305 g/mol. The van der Waals surface area contributed by atoms with E-state index in [1.807, 2.05) is 77.9 Å². The van der Waals surface area contributed by atoms with Crippen molar-refractivity contribution in [3.63, 3.8) is 0 Å². The van der Waals surface area contributed by atoms with Crippen molar-refractivity contribution in [2.45, 2.75) is 80.1 Å². The highest BCUT2D eigenvalue weighted by molar-refractivity contribution is 4.99. The zero-order valence-electron chi connectivity index (χ0n) is 16.0. The maximum atomic E-state index is 2.00. The third-order valence-electron chi connectivity index (χ3n) is 4.67. The normalized spacial score (nSPS) is 29.2. The van der Waals surface area contributed by atoms with Crippen LogP contribution in [0.15, 0.2) is 36.4 Å². The zero-order chi connectivity index (χ0) is 16.8. The first kappa shape index (κ1) is 21.2. The molecule has 0 radical (unpaired) electrons. The molecular weight excluding hydrogens is 264 g/mol. The Morgan fingerprint density at radius 1 is 0.364 bits per heavy atom. The average Bonchev–Trinajstić information content (AvgIpc) is 2.61. The topological polar surface area (TPSA) is 0 Å². The summed E-state index contributed by atoms with van der Waals surface area (Å²) in [6.45, 7) is 12.0. The van der Waals surface area contributed by atoms with Gasteiger partial charge < -0.3 is 0 Å². The summed E-state index contributed by atoms with van der Waals surface area (Å²) >= 11 is 0. The summed E-state index contributed by atoms with van der Waals surface area (Å²) in [5, 5.41) is 0. The highest BCUT2D eigenvalue weighted by Gasteiger charge is 2.41. The molecule has 0 nitrogen and oxygen atoms in total. The molecule has 0 aromatic heterocycles. The smallest absolute Gasteiger partial charge is 0.0406 e. The lowest BCUT2D eigenvalue weighted by molar-refractivity contribution is 0.0198. The van der Waals surface area contributed by atoms with Crippen LogP contribution < -0.4 is 0 Å². The van der Waals surface area contributed by atoms with Crippen LogP contribution in [0.25, 0.3) is 0 Å². The summed E-state index contributed by atoms with van der Waals surface area (Å²) in [4.78, 5) is 0. The van der Waals surface area contributed by atoms with Crippen molar-refractivity contribution >= 4 is 0 Å². The Labute approximate surface area is 140 Å². The van der Waals surface area contributed by atoms with E-state index in [0.717, 1.165) is 0 Å². The Morgan fingerprint density at radius 2 is 0.500 bits per heavy atom. The van der Waals surface area contributed by atoms with Crippen LogP contribution in [0.3, 0.4) is 0 Å². The van der Waals surface area contributed by atoms with Gasteiger partial charge in [0.15, 0.2) is 0 Å². The highest BCUT2D eigenvalue weighted by Crippen LogP contribution is 2.53. The van der Waals surface area contributed by atoms with Gasteiger partial charge in [0, 0.05) is 0 Å². The van der Waals surface area contributed by atoms with Gasteiger partial charge in [0.2, 0.25) is 0 Å². The van der Waals surface area contributed by atoms with Gasteiger partial charge in [0.05, 0.1) is 0 Å². The fourth-order valence-corrected chi connectivity index (χ4v) is 4.37. The van der Waals surface area contributed by atoms with Crippen molar-refractivity contribution in [1.82, 2.24) is 0 Å². The molecule has 22 heavy (non-hydrogen) atoms. The van der Waals surface area contributed by atoms with Gasteiger partial charge in [-0.05, 0) is 62.2 Å². The van der Waals surface area contributed by atoms with E-state index in [1.54, 1.807) is 38.5 Å². The lowest BCUT2D eigenvalue weighted by atomic mass is 9.56. The molecule has 128 valence electrons. The van der Waals surface area contributed by atoms with Crippen LogP contribution in [0.5, 0.6) is 0 Å². The molecular formula is C22H40. The Bertz CT molecular complexity index is 231. The summed E-state index contributed by atoms with van der Waals surface area (Å²) in [5.41, 5.74) is 0. The van der Waals surface area contributed by atoms with Crippen LogP contribution in [0.4, 0.5) is 0 Å². The van der Waals surface area contributed by atoms with Gasteiger partial charge in [-0.3, -0.25) is 0 Å². The Balaban J connectivity index is 0.000000320. The number of hydrogen-bond donors (Lipinski definition) is 0. The maximum absolute atomic E-state index is 2.00. The molecule has 1 aromatic rings. The van der Waals surface area contributed by atoms with Gasteiger partial charge in [-0.25, -0.2) is 0 Å². The van der Waals surface area contributed by atoms with Crippen LogP contribution in [0.1, 0.15) is 80.1 Å². The first-order valence-corrected chi connectivity index (χ1v) is 9.90. The number of benzene rings is 1. The second-order valence-corrected chi connectivity index (χ2v) is 6.03. The van der Waals surface area contributed by atoms with Gasteiger partial charge in [-0.15, -0.1) is 0 Å². The van der Waals surface area contributed by atoms with E-state index in [0.29, 0.717) is 0 Å². The lowest BCUT2D eigenvalue weighted by Crippen LogP contribution is -2.38. The van der Waals surface area contributed by atoms with Crippen LogP contribution in [-0.2, 0) is 0 Å². The first-order valence-electron chi connectivity index (χ1n) is 9.90. The van der Waals surface area contributed by atoms with Crippen molar-refractivity contribution in [1.29, 1.82) is 0 Å². The Kier molecular flexibility index (Phi) is 13.4. The predicted octanol–water partition coefficient (Wildman–Crippen LogP) is 7.60. The summed E-state index contributed by atoms with van der Waals surface area (Å²) < 4.78 is 0. The summed E-state index contributed by atoms with van der Waals surface area (Å²) in [6.07, 6.45) is 9.62. The van der Waals surface area contributed by atoms with E-state index in [1.165, 1.54) is 23.7 Å². The zero-order valence-corrected chi connectivity index (χ0v) is 16.0.